The predicted molar refractivity (Wildman–Crippen MR) is 48.6 cm³/mol. The molecule has 0 aliphatic rings. The molecule has 0 saturated heterocycles. The van der Waals surface area contributed by atoms with Gasteiger partial charge in [0.2, 0.25) is 0 Å². The lowest BCUT2D eigenvalue weighted by molar-refractivity contribution is 0.427. The van der Waals surface area contributed by atoms with Crippen LogP contribution in [0.3, 0.4) is 0 Å². The largest absolute Gasteiger partial charge is 0.486 e. The van der Waals surface area contributed by atoms with Crippen molar-refractivity contribution in [2.24, 2.45) is 0 Å². The van der Waals surface area contributed by atoms with Crippen LogP contribution in [0.4, 0.5) is 0 Å². The van der Waals surface area contributed by atoms with Crippen molar-refractivity contribution in [2.75, 3.05) is 7.11 Å². The Morgan fingerprint density at radius 1 is 1.78 bits per heavy atom. The van der Waals surface area contributed by atoms with Crippen LogP contribution in [0, 0.1) is 2.88 Å². The van der Waals surface area contributed by atoms with Gasteiger partial charge < -0.3 is 4.74 Å². The highest BCUT2D eigenvalue weighted by atomic mass is 127. The van der Waals surface area contributed by atoms with Gasteiger partial charge in [0.1, 0.15) is 0 Å². The molecule has 1 aromatic heterocycles. The smallest absolute Gasteiger partial charge is 0.193 e. The van der Waals surface area contributed by atoms with Gasteiger partial charge in [0, 0.05) is 0 Å². The second-order valence-electron chi connectivity index (χ2n) is 1.39. The van der Waals surface area contributed by atoms with Crippen LogP contribution in [0.25, 0.3) is 0 Å². The molecule has 0 aliphatic heterocycles. The first kappa shape index (κ1) is 7.63. The number of thiophene rings is 1. The number of halogens is 2. The highest BCUT2D eigenvalue weighted by Gasteiger charge is 2.03. The molecule has 1 heterocycles. The number of methoxy groups -OCH3 is 1. The van der Waals surface area contributed by atoms with Gasteiger partial charge in [-0.3, -0.25) is 0 Å². The van der Waals surface area contributed by atoms with Crippen LogP contribution >= 0.6 is 45.5 Å². The Morgan fingerprint density at radius 2 is 2.44 bits per heavy atom. The van der Waals surface area contributed by atoms with Crippen LogP contribution < -0.4 is 4.74 Å². The van der Waals surface area contributed by atoms with Gasteiger partial charge in [-0.15, -0.1) is 0 Å². The average Bonchev–Trinajstić information content (AvgIpc) is 2.10. The second kappa shape index (κ2) is 3.07. The fraction of sp³-hybridized carbons (Fsp3) is 0.200. The molecule has 1 aromatic rings. The molecule has 0 fully saturated rings. The van der Waals surface area contributed by atoms with E-state index in [1.165, 1.54) is 0 Å². The summed E-state index contributed by atoms with van der Waals surface area (Å²) in [6.45, 7) is 0. The van der Waals surface area contributed by atoms with Crippen LogP contribution in [0.15, 0.2) is 6.07 Å². The van der Waals surface area contributed by atoms with Crippen molar-refractivity contribution in [3.8, 4) is 5.06 Å². The third kappa shape index (κ3) is 1.72. The molecule has 1 rings (SSSR count). The van der Waals surface area contributed by atoms with Crippen LogP contribution in [-0.4, -0.2) is 7.11 Å². The Bertz CT molecular complexity index is 211. The molecule has 1 nitrogen and oxygen atoms in total. The lowest BCUT2D eigenvalue weighted by Crippen LogP contribution is -1.75. The molecule has 0 atom stereocenters. The van der Waals surface area contributed by atoms with E-state index >= 15 is 0 Å². The Hall–Kier alpha value is 0.520. The number of ether oxygens (including phenoxy) is 1. The van der Waals surface area contributed by atoms with Gasteiger partial charge >= 0.3 is 0 Å². The summed E-state index contributed by atoms with van der Waals surface area (Å²) in [4.78, 5) is 0. The average molecular weight is 275 g/mol. The van der Waals surface area contributed by atoms with Gasteiger partial charge in [0.25, 0.3) is 0 Å². The fourth-order valence-electron chi connectivity index (χ4n) is 0.464. The van der Waals surface area contributed by atoms with Gasteiger partial charge in [-0.05, 0) is 28.7 Å². The standard InChI is InChI=1S/C5H4ClIOS/c1-8-5-3(6)2-4(7)9-5/h2H,1H3. The monoisotopic (exact) mass is 274 g/mol. The van der Waals surface area contributed by atoms with Gasteiger partial charge in [0.15, 0.2) is 5.06 Å². The van der Waals surface area contributed by atoms with E-state index in [-0.39, 0.29) is 0 Å². The molecule has 0 aromatic carbocycles. The topological polar surface area (TPSA) is 9.23 Å². The molecule has 4 heteroatoms. The van der Waals surface area contributed by atoms with E-state index in [0.717, 1.165) is 7.95 Å². The molecule has 0 amide bonds. The molecular weight excluding hydrogens is 270 g/mol. The molecule has 0 bridgehead atoms. The zero-order chi connectivity index (χ0) is 6.85. The summed E-state index contributed by atoms with van der Waals surface area (Å²) in [5.41, 5.74) is 0. The predicted octanol–water partition coefficient (Wildman–Crippen LogP) is 3.01. The maximum absolute atomic E-state index is 5.73. The Kier molecular flexibility index (Phi) is 2.60. The van der Waals surface area contributed by atoms with Crippen molar-refractivity contribution < 1.29 is 4.74 Å². The van der Waals surface area contributed by atoms with Crippen LogP contribution in [0.5, 0.6) is 5.06 Å². The van der Waals surface area contributed by atoms with Crippen molar-refractivity contribution in [3.05, 3.63) is 14.0 Å². The van der Waals surface area contributed by atoms with Crippen molar-refractivity contribution in [3.63, 3.8) is 0 Å². The molecule has 0 spiro atoms. The van der Waals surface area contributed by atoms with Crippen molar-refractivity contribution in [2.45, 2.75) is 0 Å². The number of rotatable bonds is 1. The van der Waals surface area contributed by atoms with E-state index in [2.05, 4.69) is 22.6 Å². The minimum atomic E-state index is 0.701. The lowest BCUT2D eigenvalue weighted by Gasteiger charge is -1.90. The van der Waals surface area contributed by atoms with Crippen molar-refractivity contribution >= 4 is 45.5 Å². The Morgan fingerprint density at radius 3 is 2.67 bits per heavy atom. The molecule has 0 N–H and O–H groups in total. The number of hydrogen-bond donors (Lipinski definition) is 0. The molecule has 9 heavy (non-hydrogen) atoms. The first-order valence-electron chi connectivity index (χ1n) is 2.23. The maximum Gasteiger partial charge on any atom is 0.193 e. The van der Waals surface area contributed by atoms with Crippen molar-refractivity contribution in [1.29, 1.82) is 0 Å². The zero-order valence-corrected chi connectivity index (χ0v) is 8.38. The summed E-state index contributed by atoms with van der Waals surface area (Å²) < 4.78 is 6.10. The van der Waals surface area contributed by atoms with Gasteiger partial charge in [0.05, 0.1) is 15.0 Å². The number of hydrogen-bond acceptors (Lipinski definition) is 2. The van der Waals surface area contributed by atoms with Crippen LogP contribution in [0.2, 0.25) is 5.02 Å². The Labute approximate surface area is 76.1 Å². The van der Waals surface area contributed by atoms with E-state index in [1.54, 1.807) is 18.4 Å². The summed E-state index contributed by atoms with van der Waals surface area (Å²) in [6.07, 6.45) is 0. The minimum Gasteiger partial charge on any atom is -0.486 e. The zero-order valence-electron chi connectivity index (χ0n) is 4.65. The molecular formula is C5H4ClIOS. The summed E-state index contributed by atoms with van der Waals surface area (Å²) in [7, 11) is 1.62. The first-order valence-corrected chi connectivity index (χ1v) is 4.50. The van der Waals surface area contributed by atoms with E-state index in [1.807, 2.05) is 6.07 Å². The summed E-state index contributed by atoms with van der Waals surface area (Å²) >= 11 is 9.48. The first-order chi connectivity index (χ1) is 4.24. The second-order valence-corrected chi connectivity index (χ2v) is 4.71. The minimum absolute atomic E-state index is 0.701. The van der Waals surface area contributed by atoms with E-state index in [4.69, 9.17) is 16.3 Å². The van der Waals surface area contributed by atoms with E-state index in [9.17, 15) is 0 Å². The molecule has 50 valence electrons. The Balaban J connectivity index is 3.01. The summed E-state index contributed by atoms with van der Waals surface area (Å²) in [6, 6.07) is 1.88. The molecule has 0 saturated carbocycles. The lowest BCUT2D eigenvalue weighted by atomic mass is 10.6. The van der Waals surface area contributed by atoms with Gasteiger partial charge in [-0.2, -0.15) is 0 Å². The highest BCUT2D eigenvalue weighted by molar-refractivity contribution is 14.1. The van der Waals surface area contributed by atoms with E-state index in [0.29, 0.717) is 5.02 Å². The third-order valence-corrected chi connectivity index (χ3v) is 3.06. The summed E-state index contributed by atoms with van der Waals surface area (Å²) in [5.74, 6) is 0. The van der Waals surface area contributed by atoms with Crippen molar-refractivity contribution in [1.82, 2.24) is 0 Å². The fourth-order valence-corrected chi connectivity index (χ4v) is 2.52. The molecule has 0 aliphatic carbocycles. The molecule has 0 unspecified atom stereocenters. The summed E-state index contributed by atoms with van der Waals surface area (Å²) in [5, 5.41) is 1.49. The van der Waals surface area contributed by atoms with Crippen LogP contribution in [-0.2, 0) is 0 Å². The van der Waals surface area contributed by atoms with Crippen LogP contribution in [0.1, 0.15) is 0 Å². The third-order valence-electron chi connectivity index (χ3n) is 0.811. The normalized spacial score (nSPS) is 9.67. The highest BCUT2D eigenvalue weighted by Crippen LogP contribution is 2.34. The molecule has 0 radical (unpaired) electrons. The van der Waals surface area contributed by atoms with Gasteiger partial charge in [-0.1, -0.05) is 22.9 Å². The maximum atomic E-state index is 5.73. The quantitative estimate of drug-likeness (QED) is 0.715. The SMILES string of the molecule is COc1sc(I)cc1Cl. The van der Waals surface area contributed by atoms with E-state index < -0.39 is 0 Å². The van der Waals surface area contributed by atoms with Gasteiger partial charge in [-0.25, -0.2) is 0 Å².